The SMILES string of the molecule is Cc1cc(C(=O)N2CCC3CCC(C2)N3C)ccc1Br. The zero-order chi connectivity index (χ0) is 14.3. The summed E-state index contributed by atoms with van der Waals surface area (Å²) >= 11 is 3.49. The molecule has 0 radical (unpaired) electrons. The number of amides is 1. The maximum absolute atomic E-state index is 12.7. The monoisotopic (exact) mass is 336 g/mol. The second kappa shape index (κ2) is 5.49. The van der Waals surface area contributed by atoms with Gasteiger partial charge in [0.05, 0.1) is 0 Å². The van der Waals surface area contributed by atoms with E-state index in [4.69, 9.17) is 0 Å². The number of hydrogen-bond donors (Lipinski definition) is 0. The van der Waals surface area contributed by atoms with E-state index in [9.17, 15) is 4.79 Å². The largest absolute Gasteiger partial charge is 0.337 e. The predicted molar refractivity (Wildman–Crippen MR) is 84.0 cm³/mol. The van der Waals surface area contributed by atoms with Gasteiger partial charge in [-0.05, 0) is 57.0 Å². The summed E-state index contributed by atoms with van der Waals surface area (Å²) in [6.45, 7) is 3.79. The van der Waals surface area contributed by atoms with Gasteiger partial charge in [-0.1, -0.05) is 15.9 Å². The van der Waals surface area contributed by atoms with Crippen LogP contribution in [0.2, 0.25) is 0 Å². The van der Waals surface area contributed by atoms with Crippen LogP contribution in [0.25, 0.3) is 0 Å². The molecule has 0 aliphatic carbocycles. The highest BCUT2D eigenvalue weighted by Crippen LogP contribution is 2.29. The fraction of sp³-hybridized carbons (Fsp3) is 0.562. The molecule has 20 heavy (non-hydrogen) atoms. The zero-order valence-electron chi connectivity index (χ0n) is 12.1. The predicted octanol–water partition coefficient (Wildman–Crippen LogP) is 3.07. The van der Waals surface area contributed by atoms with E-state index in [2.05, 4.69) is 27.9 Å². The fourth-order valence-electron chi connectivity index (χ4n) is 3.45. The Morgan fingerprint density at radius 1 is 1.25 bits per heavy atom. The third-order valence-electron chi connectivity index (χ3n) is 4.84. The molecule has 2 heterocycles. The Morgan fingerprint density at radius 2 is 2.00 bits per heavy atom. The summed E-state index contributed by atoms with van der Waals surface area (Å²) < 4.78 is 1.06. The minimum atomic E-state index is 0.182. The van der Waals surface area contributed by atoms with Gasteiger partial charge in [0.15, 0.2) is 0 Å². The highest BCUT2D eigenvalue weighted by Gasteiger charge is 2.36. The molecule has 2 aliphatic rings. The Balaban J connectivity index is 1.78. The second-order valence-electron chi connectivity index (χ2n) is 6.05. The van der Waals surface area contributed by atoms with E-state index < -0.39 is 0 Å². The molecule has 3 nitrogen and oxygen atoms in total. The number of fused-ring (bicyclic) bond motifs is 2. The number of hydrogen-bond acceptors (Lipinski definition) is 2. The van der Waals surface area contributed by atoms with Gasteiger partial charge in [-0.2, -0.15) is 0 Å². The van der Waals surface area contributed by atoms with Crippen LogP contribution in [0.3, 0.4) is 0 Å². The van der Waals surface area contributed by atoms with Crippen LogP contribution in [0.15, 0.2) is 22.7 Å². The van der Waals surface area contributed by atoms with E-state index in [0.717, 1.165) is 35.1 Å². The zero-order valence-corrected chi connectivity index (χ0v) is 13.7. The summed E-state index contributed by atoms with van der Waals surface area (Å²) in [5.74, 6) is 0.182. The number of carbonyl (C=O) groups is 1. The van der Waals surface area contributed by atoms with Crippen molar-refractivity contribution in [2.75, 3.05) is 20.1 Å². The van der Waals surface area contributed by atoms with Crippen LogP contribution in [0.5, 0.6) is 0 Å². The molecule has 0 aromatic heterocycles. The lowest BCUT2D eigenvalue weighted by molar-refractivity contribution is 0.0740. The number of aryl methyl sites for hydroxylation is 1. The maximum Gasteiger partial charge on any atom is 0.253 e. The molecular formula is C16H21BrN2O. The summed E-state index contributed by atoms with van der Waals surface area (Å²) in [6.07, 6.45) is 3.62. The average Bonchev–Trinajstić information content (AvgIpc) is 2.66. The number of likely N-dealkylation sites (tertiary alicyclic amines) is 1. The van der Waals surface area contributed by atoms with Crippen molar-refractivity contribution < 1.29 is 4.79 Å². The molecule has 2 bridgehead atoms. The third-order valence-corrected chi connectivity index (χ3v) is 5.73. The minimum Gasteiger partial charge on any atom is -0.337 e. The molecule has 4 heteroatoms. The normalized spacial score (nSPS) is 26.6. The van der Waals surface area contributed by atoms with Crippen molar-refractivity contribution in [2.24, 2.45) is 0 Å². The van der Waals surface area contributed by atoms with Crippen LogP contribution in [-0.2, 0) is 0 Å². The van der Waals surface area contributed by atoms with Crippen LogP contribution in [0.4, 0.5) is 0 Å². The third kappa shape index (κ3) is 2.51. The van der Waals surface area contributed by atoms with Gasteiger partial charge in [0.25, 0.3) is 5.91 Å². The first-order valence-electron chi connectivity index (χ1n) is 7.33. The van der Waals surface area contributed by atoms with Crippen molar-refractivity contribution in [1.82, 2.24) is 9.80 Å². The Kier molecular flexibility index (Phi) is 3.87. The molecule has 1 aromatic rings. The number of carbonyl (C=O) groups excluding carboxylic acids is 1. The number of nitrogens with zero attached hydrogens (tertiary/aromatic N) is 2. The maximum atomic E-state index is 12.7. The molecule has 1 amide bonds. The molecule has 2 saturated heterocycles. The quantitative estimate of drug-likeness (QED) is 0.786. The highest BCUT2D eigenvalue weighted by atomic mass is 79.9. The molecule has 0 N–H and O–H groups in total. The minimum absolute atomic E-state index is 0.182. The van der Waals surface area contributed by atoms with Crippen molar-refractivity contribution >= 4 is 21.8 Å². The lowest BCUT2D eigenvalue weighted by atomic mass is 10.1. The summed E-state index contributed by atoms with van der Waals surface area (Å²) in [5, 5.41) is 0. The molecule has 0 spiro atoms. The van der Waals surface area contributed by atoms with Crippen molar-refractivity contribution in [2.45, 2.75) is 38.3 Å². The van der Waals surface area contributed by atoms with E-state index in [1.54, 1.807) is 0 Å². The van der Waals surface area contributed by atoms with E-state index in [-0.39, 0.29) is 5.91 Å². The van der Waals surface area contributed by atoms with Gasteiger partial charge < -0.3 is 4.90 Å². The van der Waals surface area contributed by atoms with Crippen molar-refractivity contribution in [1.29, 1.82) is 0 Å². The fourth-order valence-corrected chi connectivity index (χ4v) is 3.70. The molecule has 3 rings (SSSR count). The lowest BCUT2D eigenvalue weighted by Crippen LogP contribution is -2.39. The van der Waals surface area contributed by atoms with Crippen LogP contribution in [0.1, 0.15) is 35.2 Å². The lowest BCUT2D eigenvalue weighted by Gasteiger charge is -2.26. The molecule has 2 unspecified atom stereocenters. The van der Waals surface area contributed by atoms with E-state index in [0.29, 0.717) is 12.1 Å². The van der Waals surface area contributed by atoms with Gasteiger partial charge in [0.2, 0.25) is 0 Å². The number of likely N-dealkylation sites (N-methyl/N-ethyl adjacent to an activating group) is 1. The van der Waals surface area contributed by atoms with Gasteiger partial charge in [-0.3, -0.25) is 9.69 Å². The van der Waals surface area contributed by atoms with Gasteiger partial charge in [-0.25, -0.2) is 0 Å². The average molecular weight is 337 g/mol. The Labute approximate surface area is 129 Å². The molecular weight excluding hydrogens is 316 g/mol. The topological polar surface area (TPSA) is 23.6 Å². The van der Waals surface area contributed by atoms with Crippen LogP contribution in [0, 0.1) is 6.92 Å². The first kappa shape index (κ1) is 14.1. The number of halogens is 1. The summed E-state index contributed by atoms with van der Waals surface area (Å²) in [6, 6.07) is 7.09. The Bertz CT molecular complexity index is 531. The van der Waals surface area contributed by atoms with Crippen LogP contribution >= 0.6 is 15.9 Å². The Hall–Kier alpha value is -0.870. The number of rotatable bonds is 1. The van der Waals surface area contributed by atoms with Crippen molar-refractivity contribution in [3.8, 4) is 0 Å². The first-order chi connectivity index (χ1) is 9.56. The molecule has 108 valence electrons. The highest BCUT2D eigenvalue weighted by molar-refractivity contribution is 9.10. The van der Waals surface area contributed by atoms with Crippen molar-refractivity contribution in [3.05, 3.63) is 33.8 Å². The van der Waals surface area contributed by atoms with Crippen LogP contribution in [-0.4, -0.2) is 47.9 Å². The Morgan fingerprint density at radius 3 is 2.75 bits per heavy atom. The summed E-state index contributed by atoms with van der Waals surface area (Å²) in [4.78, 5) is 17.2. The summed E-state index contributed by atoms with van der Waals surface area (Å²) in [5.41, 5.74) is 1.93. The molecule has 1 aromatic carbocycles. The van der Waals surface area contributed by atoms with Gasteiger partial charge >= 0.3 is 0 Å². The molecule has 2 fully saturated rings. The standard InChI is InChI=1S/C16H21BrN2O/c1-11-9-12(3-6-15(11)17)16(20)19-8-7-13-4-5-14(10-19)18(13)2/h3,6,9,13-14H,4-5,7-8,10H2,1-2H3. The first-order valence-corrected chi connectivity index (χ1v) is 8.13. The van der Waals surface area contributed by atoms with Gasteiger partial charge in [-0.15, -0.1) is 0 Å². The number of benzene rings is 1. The van der Waals surface area contributed by atoms with Gasteiger partial charge in [0, 0.05) is 35.2 Å². The smallest absolute Gasteiger partial charge is 0.253 e. The summed E-state index contributed by atoms with van der Waals surface area (Å²) in [7, 11) is 2.21. The molecule has 2 aliphatic heterocycles. The molecule has 0 saturated carbocycles. The van der Waals surface area contributed by atoms with Gasteiger partial charge in [0.1, 0.15) is 0 Å². The van der Waals surface area contributed by atoms with E-state index >= 15 is 0 Å². The molecule has 2 atom stereocenters. The van der Waals surface area contributed by atoms with Crippen molar-refractivity contribution in [3.63, 3.8) is 0 Å². The second-order valence-corrected chi connectivity index (χ2v) is 6.91. The van der Waals surface area contributed by atoms with Crippen LogP contribution < -0.4 is 0 Å². The van der Waals surface area contributed by atoms with E-state index in [1.165, 1.54) is 12.8 Å². The van der Waals surface area contributed by atoms with E-state index in [1.807, 2.05) is 30.0 Å².